The molecule has 0 aliphatic heterocycles. The number of rotatable bonds is 1. The van der Waals surface area contributed by atoms with Gasteiger partial charge in [0.05, 0.1) is 0 Å². The van der Waals surface area contributed by atoms with Crippen molar-refractivity contribution in [3.05, 3.63) is 25.7 Å². The van der Waals surface area contributed by atoms with E-state index in [1.54, 1.807) is 41.5 Å². The van der Waals surface area contributed by atoms with Gasteiger partial charge in [-0.3, -0.25) is 13.9 Å². The molecule has 0 saturated heterocycles. The lowest BCUT2D eigenvalue weighted by Gasteiger charge is -2.28. The summed E-state index contributed by atoms with van der Waals surface area (Å²) in [5.74, 6) is -0.696. The Balaban J connectivity index is 4.06. The van der Waals surface area contributed by atoms with Gasteiger partial charge in [-0.1, -0.05) is 0 Å². The molecule has 0 aliphatic rings. The minimum absolute atomic E-state index is 0.649. The summed E-state index contributed by atoms with van der Waals surface area (Å²) in [6.07, 6.45) is 0. The van der Waals surface area contributed by atoms with E-state index in [4.69, 9.17) is 0 Å². The summed E-state index contributed by atoms with van der Waals surface area (Å²) < 4.78 is 1.92. The van der Waals surface area contributed by atoms with Gasteiger partial charge in [0.15, 0.2) is 0 Å². The van der Waals surface area contributed by atoms with Crippen molar-refractivity contribution in [1.29, 1.82) is 0 Å². The predicted octanol–water partition coefficient (Wildman–Crippen LogP) is 1.62. The molecule has 0 fully saturated rings. The van der Waals surface area contributed by atoms with Crippen LogP contribution in [0.2, 0.25) is 0 Å². The van der Waals surface area contributed by atoms with Crippen LogP contribution < -0.4 is 11.2 Å². The second kappa shape index (κ2) is 4.32. The molecule has 1 aromatic rings. The van der Waals surface area contributed by atoms with Crippen LogP contribution in [-0.4, -0.2) is 14.2 Å². The second-order valence-electron chi connectivity index (χ2n) is 6.36. The number of hydrogen-bond acceptors (Lipinski definition) is 5. The molecule has 0 radical (unpaired) electrons. The third kappa shape index (κ3) is 2.45. The molecule has 0 aromatic carbocycles. The Morgan fingerprint density at radius 2 is 1.37 bits per heavy atom. The van der Waals surface area contributed by atoms with Crippen LogP contribution in [0.3, 0.4) is 0 Å². The first kappa shape index (κ1) is 15.1. The summed E-state index contributed by atoms with van der Waals surface area (Å²) in [6.45, 7) is 10.0. The largest absolute Gasteiger partial charge is 0.493 e. The van der Waals surface area contributed by atoms with Crippen molar-refractivity contribution in [2.45, 2.75) is 52.6 Å². The SMILES string of the molecule is CC(C)(C)n1c(O)c(N=O)c(=O)n(C(C)(C)C)c1=O. The molecule has 7 nitrogen and oxygen atoms in total. The van der Waals surface area contributed by atoms with E-state index >= 15 is 0 Å². The van der Waals surface area contributed by atoms with E-state index in [0.717, 1.165) is 9.13 Å². The summed E-state index contributed by atoms with van der Waals surface area (Å²) in [6, 6.07) is 0. The standard InChI is InChI=1S/C12H19N3O4/c1-11(2,3)14-8(16)7(13-19)9(17)15(10(14)18)12(4,5)6/h16H,1-6H3. The van der Waals surface area contributed by atoms with E-state index in [-0.39, 0.29) is 0 Å². The summed E-state index contributed by atoms with van der Waals surface area (Å²) in [7, 11) is 0. The summed E-state index contributed by atoms with van der Waals surface area (Å²) in [4.78, 5) is 35.2. The maximum absolute atomic E-state index is 12.4. The van der Waals surface area contributed by atoms with E-state index in [2.05, 4.69) is 5.18 Å². The molecule has 0 bridgehead atoms. The smallest absolute Gasteiger partial charge is 0.334 e. The Bertz CT molecular complexity index is 627. The number of nitroso groups, excluding NO2 is 1. The van der Waals surface area contributed by atoms with Gasteiger partial charge in [-0.05, 0) is 46.7 Å². The van der Waals surface area contributed by atoms with Gasteiger partial charge < -0.3 is 5.11 Å². The highest BCUT2D eigenvalue weighted by Crippen LogP contribution is 2.26. The number of hydrogen-bond donors (Lipinski definition) is 1. The zero-order valence-electron chi connectivity index (χ0n) is 12.0. The third-order valence-electron chi connectivity index (χ3n) is 2.64. The Morgan fingerprint density at radius 1 is 0.947 bits per heavy atom. The molecular formula is C12H19N3O4. The van der Waals surface area contributed by atoms with Crippen LogP contribution in [0.15, 0.2) is 14.8 Å². The average molecular weight is 269 g/mol. The molecule has 0 unspecified atom stereocenters. The lowest BCUT2D eigenvalue weighted by atomic mass is 10.1. The third-order valence-corrected chi connectivity index (χ3v) is 2.64. The Labute approximate surface area is 110 Å². The Hall–Kier alpha value is -1.92. The van der Waals surface area contributed by atoms with Gasteiger partial charge in [0.2, 0.25) is 11.6 Å². The van der Waals surface area contributed by atoms with Crippen molar-refractivity contribution in [2.24, 2.45) is 5.18 Å². The quantitative estimate of drug-likeness (QED) is 0.784. The van der Waals surface area contributed by atoms with Crippen molar-refractivity contribution in [2.75, 3.05) is 0 Å². The van der Waals surface area contributed by atoms with Crippen LogP contribution in [0.1, 0.15) is 41.5 Å². The summed E-state index contributed by atoms with van der Waals surface area (Å²) >= 11 is 0. The molecule has 0 spiro atoms. The minimum atomic E-state index is -0.884. The van der Waals surface area contributed by atoms with Crippen molar-refractivity contribution in [3.8, 4) is 5.88 Å². The zero-order valence-corrected chi connectivity index (χ0v) is 12.0. The highest BCUT2D eigenvalue weighted by molar-refractivity contribution is 5.45. The van der Waals surface area contributed by atoms with Crippen LogP contribution in [0, 0.1) is 4.91 Å². The topological polar surface area (TPSA) is 93.7 Å². The molecule has 1 aromatic heterocycles. The van der Waals surface area contributed by atoms with Crippen LogP contribution in [-0.2, 0) is 11.1 Å². The number of aromatic hydroxyl groups is 1. The fourth-order valence-electron chi connectivity index (χ4n) is 1.86. The first-order valence-electron chi connectivity index (χ1n) is 5.88. The molecule has 0 aliphatic carbocycles. The summed E-state index contributed by atoms with van der Waals surface area (Å²) in [5, 5.41) is 12.5. The van der Waals surface area contributed by atoms with Crippen molar-refractivity contribution < 1.29 is 5.11 Å². The van der Waals surface area contributed by atoms with Crippen LogP contribution in [0.25, 0.3) is 0 Å². The fourth-order valence-corrected chi connectivity index (χ4v) is 1.86. The molecule has 1 heterocycles. The zero-order chi connectivity index (χ0) is 15.2. The second-order valence-corrected chi connectivity index (χ2v) is 6.36. The molecule has 0 amide bonds. The van der Waals surface area contributed by atoms with E-state index in [9.17, 15) is 19.6 Å². The van der Waals surface area contributed by atoms with Gasteiger partial charge in [0, 0.05) is 11.1 Å². The van der Waals surface area contributed by atoms with Crippen LogP contribution in [0.4, 0.5) is 5.69 Å². The highest BCUT2D eigenvalue weighted by Gasteiger charge is 2.30. The Kier molecular flexibility index (Phi) is 3.45. The van der Waals surface area contributed by atoms with E-state index in [1.807, 2.05) is 0 Å². The van der Waals surface area contributed by atoms with Crippen molar-refractivity contribution >= 4 is 5.69 Å². The minimum Gasteiger partial charge on any atom is -0.493 e. The van der Waals surface area contributed by atoms with Gasteiger partial charge in [0.1, 0.15) is 0 Å². The molecule has 0 atom stereocenters. The molecule has 106 valence electrons. The predicted molar refractivity (Wildman–Crippen MR) is 72.1 cm³/mol. The average Bonchev–Trinajstić information content (AvgIpc) is 2.12. The molecule has 19 heavy (non-hydrogen) atoms. The van der Waals surface area contributed by atoms with E-state index in [0.29, 0.717) is 0 Å². The summed E-state index contributed by atoms with van der Waals surface area (Å²) in [5.41, 5.74) is -3.82. The van der Waals surface area contributed by atoms with Crippen LogP contribution in [0.5, 0.6) is 5.88 Å². The number of aromatic nitrogens is 2. The maximum atomic E-state index is 12.4. The first-order chi connectivity index (χ1) is 8.42. The molecule has 1 rings (SSSR count). The Morgan fingerprint density at radius 3 is 1.68 bits per heavy atom. The lowest BCUT2D eigenvalue weighted by molar-refractivity contribution is 0.273. The molecular weight excluding hydrogens is 250 g/mol. The molecule has 7 heteroatoms. The first-order valence-corrected chi connectivity index (χ1v) is 5.88. The van der Waals surface area contributed by atoms with E-state index < -0.39 is 33.9 Å². The van der Waals surface area contributed by atoms with Crippen molar-refractivity contribution in [1.82, 2.24) is 9.13 Å². The van der Waals surface area contributed by atoms with Gasteiger partial charge in [-0.15, -0.1) is 4.91 Å². The maximum Gasteiger partial charge on any atom is 0.334 e. The van der Waals surface area contributed by atoms with Gasteiger partial charge in [-0.25, -0.2) is 4.79 Å². The highest BCUT2D eigenvalue weighted by atomic mass is 16.3. The lowest BCUT2D eigenvalue weighted by Crippen LogP contribution is -2.50. The van der Waals surface area contributed by atoms with Crippen LogP contribution >= 0.6 is 0 Å². The molecule has 0 saturated carbocycles. The van der Waals surface area contributed by atoms with Gasteiger partial charge >= 0.3 is 5.69 Å². The monoisotopic (exact) mass is 269 g/mol. The number of nitrogens with zero attached hydrogens (tertiary/aromatic N) is 3. The molecule has 1 N–H and O–H groups in total. The fraction of sp³-hybridized carbons (Fsp3) is 0.667. The normalized spacial score (nSPS) is 12.5. The van der Waals surface area contributed by atoms with Crippen molar-refractivity contribution in [3.63, 3.8) is 0 Å². The van der Waals surface area contributed by atoms with Gasteiger partial charge in [0.25, 0.3) is 5.56 Å². The van der Waals surface area contributed by atoms with E-state index in [1.165, 1.54) is 0 Å². The van der Waals surface area contributed by atoms with Gasteiger partial charge in [-0.2, -0.15) is 0 Å².